The zero-order valence-corrected chi connectivity index (χ0v) is 41.8. The van der Waals surface area contributed by atoms with E-state index in [2.05, 4.69) is 80.9 Å². The van der Waals surface area contributed by atoms with Gasteiger partial charge in [0, 0.05) is 60.3 Å². The lowest BCUT2D eigenvalue weighted by Crippen LogP contribution is -2.36. The Kier molecular flexibility index (Phi) is 20.1. The van der Waals surface area contributed by atoms with Crippen LogP contribution in [0.2, 0.25) is 0 Å². The number of nitrogens with two attached hydrogens (primary N) is 1. The Morgan fingerprint density at radius 1 is 0.587 bits per heavy atom. The quantitative estimate of drug-likeness (QED) is 0.0360. The Balaban J connectivity index is 0.000000219. The number of allylic oxidation sites excluding steroid dienone is 1. The maximum atomic E-state index is 12.5. The van der Waals surface area contributed by atoms with Crippen molar-refractivity contribution in [3.63, 3.8) is 0 Å². The maximum Gasteiger partial charge on any atom is 0.247 e. The van der Waals surface area contributed by atoms with Crippen molar-refractivity contribution in [3.8, 4) is 22.5 Å². The summed E-state index contributed by atoms with van der Waals surface area (Å²) in [5, 5.41) is 10.0. The smallest absolute Gasteiger partial charge is 0.247 e. The molecule has 0 spiro atoms. The normalized spacial score (nSPS) is 12.8. The number of carbonyl (C=O) groups is 4. The molecule has 20 heteroatoms. The first-order chi connectivity index (χ1) is 35.5. The first-order valence-electron chi connectivity index (χ1n) is 23.3. The molecule has 0 saturated carbocycles. The lowest BCUT2D eigenvalue weighted by Gasteiger charge is -2.27. The molecule has 0 bridgehead atoms. The van der Waals surface area contributed by atoms with Crippen molar-refractivity contribution in [2.24, 2.45) is 0 Å². The topological polar surface area (TPSA) is 238 Å². The van der Waals surface area contributed by atoms with Gasteiger partial charge in [-0.05, 0) is 107 Å². The monoisotopic (exact) mass is 1050 g/mol. The van der Waals surface area contributed by atoms with Gasteiger partial charge in [-0.2, -0.15) is 0 Å². The largest absolute Gasteiger partial charge is 0.399 e. The Bertz CT molecular complexity index is 3210. The average Bonchev–Trinajstić information content (AvgIpc) is 4.07. The average molecular weight is 1050 g/mol. The predicted molar refractivity (Wildman–Crippen MR) is 301 cm³/mol. The van der Waals surface area contributed by atoms with E-state index in [1.54, 1.807) is 36.9 Å². The summed E-state index contributed by atoms with van der Waals surface area (Å²) < 4.78 is 10.9. The molecule has 4 aromatic heterocycles. The van der Waals surface area contributed by atoms with Crippen molar-refractivity contribution in [1.29, 1.82) is 0 Å². The van der Waals surface area contributed by atoms with Gasteiger partial charge in [-0.1, -0.05) is 69.1 Å². The van der Waals surface area contributed by atoms with Gasteiger partial charge in [0.05, 0.1) is 50.0 Å². The van der Waals surface area contributed by atoms with Crippen LogP contribution in [-0.2, 0) is 41.5 Å². The van der Waals surface area contributed by atoms with E-state index < -0.39 is 5.24 Å². The van der Waals surface area contributed by atoms with E-state index in [0.717, 1.165) is 105 Å². The summed E-state index contributed by atoms with van der Waals surface area (Å²) in [5.41, 5.74) is 15.7. The summed E-state index contributed by atoms with van der Waals surface area (Å²) in [6.45, 7) is 12.5. The molecule has 0 radical (unpaired) electrons. The third-order valence-corrected chi connectivity index (χ3v) is 11.8. The van der Waals surface area contributed by atoms with Gasteiger partial charge in [-0.3, -0.25) is 19.2 Å². The van der Waals surface area contributed by atoms with Crippen LogP contribution in [0.15, 0.2) is 147 Å². The zero-order valence-electron chi connectivity index (χ0n) is 40.2. The number of rotatable bonds is 13. The number of aromatic amines is 2. The lowest BCUT2D eigenvalue weighted by molar-refractivity contribution is -0.116. The van der Waals surface area contributed by atoms with Gasteiger partial charge in [0.1, 0.15) is 35.6 Å². The fourth-order valence-electron chi connectivity index (χ4n) is 8.00. The van der Waals surface area contributed by atoms with Crippen LogP contribution in [0.5, 0.6) is 0 Å². The fraction of sp³-hybridized carbons (Fsp3) is 0.200. The van der Waals surface area contributed by atoms with E-state index in [1.165, 1.54) is 6.08 Å². The molecule has 0 unspecified atom stereocenters. The molecule has 0 atom stereocenters. The van der Waals surface area contributed by atoms with E-state index in [4.69, 9.17) is 26.8 Å². The molecule has 3 amide bonds. The van der Waals surface area contributed by atoms with Crippen LogP contribution in [0.4, 0.5) is 34.4 Å². The standard InChI is InChI=1S/C27H26N6O3.C24H24N6O2.C3H3ClO.CH4.ClH/c1-2-24(34)30-20-7-3-18(4-8-20)15-25(35)31-21-9-5-19(6-10-21)23-16-22-26(32-23)28-17-29-27(22)33-11-13-36-14-12-33;25-18-5-1-16(2-6-18)13-22(31)28-19-7-3-17(4-8-19)21-14-20-23(29-21)26-15-27-24(20)30-9-11-32-12-10-30;1-2-3(4)5;;/h2-10,16-17H,1,11-15H2,(H,30,34)(H,31,35)(H,28,29,32);1-8,14-15H,9-13,25H2,(H,28,31)(H,26,27,29);2H,1H2;1H4;1H. The third kappa shape index (κ3) is 15.3. The molecule has 0 aliphatic carbocycles. The van der Waals surface area contributed by atoms with Crippen LogP contribution in [0.3, 0.4) is 0 Å². The summed E-state index contributed by atoms with van der Waals surface area (Å²) >= 11 is 4.71. The van der Waals surface area contributed by atoms with Crippen LogP contribution in [0.1, 0.15) is 18.6 Å². The molecule has 7 N–H and O–H groups in total. The van der Waals surface area contributed by atoms with Gasteiger partial charge in [0.2, 0.25) is 23.0 Å². The fourth-order valence-corrected chi connectivity index (χ4v) is 8.00. The Morgan fingerprint density at radius 3 is 1.35 bits per heavy atom. The van der Waals surface area contributed by atoms with Crippen molar-refractivity contribution >= 4 is 103 Å². The molecular formula is C55H58Cl2N12O6. The van der Waals surface area contributed by atoms with E-state index in [1.807, 2.05) is 72.8 Å². The van der Waals surface area contributed by atoms with Gasteiger partial charge in [-0.15, -0.1) is 12.4 Å². The number of hydrogen-bond acceptors (Lipinski definition) is 13. The number of halogens is 2. The number of carbonyl (C=O) groups excluding carboxylic acids is 4. The number of benzene rings is 4. The molecule has 2 fully saturated rings. The first-order valence-corrected chi connectivity index (χ1v) is 23.7. The van der Waals surface area contributed by atoms with Crippen molar-refractivity contribution in [1.82, 2.24) is 29.9 Å². The number of morpholine rings is 2. The molecule has 388 valence electrons. The molecule has 75 heavy (non-hydrogen) atoms. The number of hydrogen-bond donors (Lipinski definition) is 6. The number of nitrogens with zero attached hydrogens (tertiary/aromatic N) is 6. The van der Waals surface area contributed by atoms with E-state index >= 15 is 0 Å². The Hall–Kier alpha value is -8.42. The summed E-state index contributed by atoms with van der Waals surface area (Å²) in [5.74, 6) is 1.36. The van der Waals surface area contributed by atoms with Gasteiger partial charge in [0.25, 0.3) is 0 Å². The molecule has 10 rings (SSSR count). The molecule has 6 heterocycles. The first kappa shape index (κ1) is 55.9. The van der Waals surface area contributed by atoms with Crippen LogP contribution in [0.25, 0.3) is 44.6 Å². The zero-order chi connectivity index (χ0) is 51.1. The number of fused-ring (bicyclic) bond motifs is 2. The summed E-state index contributed by atoms with van der Waals surface area (Å²) in [6.07, 6.45) is 5.95. The Labute approximate surface area is 445 Å². The summed E-state index contributed by atoms with van der Waals surface area (Å²) in [7, 11) is 0. The predicted octanol–water partition coefficient (Wildman–Crippen LogP) is 8.99. The summed E-state index contributed by atoms with van der Waals surface area (Å²) in [6, 6.07) is 34.0. The number of H-pyrrole nitrogens is 2. The van der Waals surface area contributed by atoms with Crippen LogP contribution in [-0.4, -0.2) is 105 Å². The second-order valence-electron chi connectivity index (χ2n) is 16.7. The number of aromatic nitrogens is 6. The molecule has 8 aromatic rings. The molecule has 2 aliphatic heterocycles. The lowest BCUT2D eigenvalue weighted by atomic mass is 10.1. The highest BCUT2D eigenvalue weighted by Gasteiger charge is 2.20. The van der Waals surface area contributed by atoms with Crippen LogP contribution >= 0.6 is 24.0 Å². The van der Waals surface area contributed by atoms with Gasteiger partial charge < -0.3 is 50.9 Å². The number of amides is 3. The van der Waals surface area contributed by atoms with Crippen LogP contribution in [0, 0.1) is 0 Å². The van der Waals surface area contributed by atoms with Gasteiger partial charge in [0.15, 0.2) is 0 Å². The van der Waals surface area contributed by atoms with Crippen LogP contribution < -0.4 is 31.5 Å². The highest BCUT2D eigenvalue weighted by Crippen LogP contribution is 2.31. The van der Waals surface area contributed by atoms with Gasteiger partial charge in [-0.25, -0.2) is 19.9 Å². The third-order valence-electron chi connectivity index (χ3n) is 11.7. The van der Waals surface area contributed by atoms with E-state index in [-0.39, 0.29) is 44.0 Å². The Morgan fingerprint density at radius 2 is 0.960 bits per heavy atom. The van der Waals surface area contributed by atoms with E-state index in [9.17, 15) is 19.2 Å². The minimum atomic E-state index is -0.509. The van der Waals surface area contributed by atoms with Crippen molar-refractivity contribution < 1.29 is 28.7 Å². The SMILES string of the molecule is C.C=CC(=O)Cl.C=CC(=O)Nc1ccc(CC(=O)Nc2ccc(-c3cc4c(N5CCOCC5)ncnc4[nH]3)cc2)cc1.Cl.Nc1ccc(CC(=O)Nc2ccc(-c3cc4c(N5CCOCC5)ncnc4[nH]3)cc2)cc1. The highest BCUT2D eigenvalue weighted by atomic mass is 35.5. The number of anilines is 6. The molecule has 4 aromatic carbocycles. The number of nitrogens with one attached hydrogen (secondary N) is 5. The number of nitrogen functional groups attached to an aromatic ring is 1. The maximum absolute atomic E-state index is 12.5. The second kappa shape index (κ2) is 27.0. The van der Waals surface area contributed by atoms with Crippen molar-refractivity contribution in [2.75, 3.05) is 84.1 Å². The van der Waals surface area contributed by atoms with Crippen molar-refractivity contribution in [3.05, 3.63) is 158 Å². The number of ether oxygens (including phenoxy) is 2. The minimum Gasteiger partial charge on any atom is -0.399 e. The summed E-state index contributed by atoms with van der Waals surface area (Å²) in [4.78, 5) is 74.7. The molecule has 18 nitrogen and oxygen atoms in total. The second-order valence-corrected chi connectivity index (χ2v) is 17.1. The molecule has 2 saturated heterocycles. The van der Waals surface area contributed by atoms with Gasteiger partial charge >= 0.3 is 0 Å². The van der Waals surface area contributed by atoms with E-state index in [0.29, 0.717) is 49.9 Å². The highest BCUT2D eigenvalue weighted by molar-refractivity contribution is 6.66. The minimum absolute atomic E-state index is 0. The molecule has 2 aliphatic rings. The van der Waals surface area contributed by atoms with Crippen molar-refractivity contribution in [2.45, 2.75) is 20.3 Å². The molecular weight excluding hydrogens is 996 g/mol.